The van der Waals surface area contributed by atoms with Gasteiger partial charge in [-0.05, 0) is 24.1 Å². The van der Waals surface area contributed by atoms with Gasteiger partial charge in [-0.25, -0.2) is 0 Å². The minimum absolute atomic E-state index is 0.0570. The highest BCUT2D eigenvalue weighted by Crippen LogP contribution is 2.21. The average molecular weight is 299 g/mol. The van der Waals surface area contributed by atoms with Crippen LogP contribution in [0.25, 0.3) is 0 Å². The summed E-state index contributed by atoms with van der Waals surface area (Å²) in [6, 6.07) is 17.8. The Morgan fingerprint density at radius 2 is 1.82 bits per heavy atom. The molecule has 0 saturated heterocycles. The van der Waals surface area contributed by atoms with E-state index < -0.39 is 6.10 Å². The molecule has 0 radical (unpaired) electrons. The monoisotopic (exact) mass is 299 g/mol. The molecule has 2 N–H and O–H groups in total. The number of benzene rings is 2. The fourth-order valence-corrected chi connectivity index (χ4v) is 2.06. The van der Waals surface area contributed by atoms with E-state index in [1.165, 1.54) is 5.56 Å². The molecule has 2 aromatic rings. The molecule has 0 bridgehead atoms. The van der Waals surface area contributed by atoms with Crippen molar-refractivity contribution in [3.8, 4) is 5.75 Å². The van der Waals surface area contributed by atoms with Crippen LogP contribution in [0.2, 0.25) is 0 Å². The molecule has 1 unspecified atom stereocenters. The second kappa shape index (κ2) is 8.20. The van der Waals surface area contributed by atoms with Gasteiger partial charge in [0.15, 0.2) is 6.61 Å². The van der Waals surface area contributed by atoms with E-state index in [1.807, 2.05) is 42.5 Å². The number of amides is 1. The summed E-state index contributed by atoms with van der Waals surface area (Å²) in [5, 5.41) is 11.7. The van der Waals surface area contributed by atoms with E-state index in [9.17, 15) is 4.79 Å². The number of hydrogen-bond donors (Lipinski definition) is 2. The molecule has 0 aliphatic carbocycles. The van der Waals surface area contributed by atoms with Crippen LogP contribution in [0.1, 0.15) is 18.1 Å². The van der Waals surface area contributed by atoms with E-state index in [-0.39, 0.29) is 19.1 Å². The van der Waals surface area contributed by atoms with E-state index in [2.05, 4.69) is 17.4 Å². The van der Waals surface area contributed by atoms with Crippen LogP contribution in [0.3, 0.4) is 0 Å². The third-order valence-electron chi connectivity index (χ3n) is 3.16. The zero-order chi connectivity index (χ0) is 15.8. The van der Waals surface area contributed by atoms with Gasteiger partial charge in [-0.2, -0.15) is 0 Å². The van der Waals surface area contributed by atoms with Crippen LogP contribution in [0.4, 0.5) is 0 Å². The number of hydrogen-bond acceptors (Lipinski definition) is 3. The summed E-state index contributed by atoms with van der Waals surface area (Å²) in [5.74, 6) is 0.467. The van der Waals surface area contributed by atoms with Crippen LogP contribution in [0.5, 0.6) is 5.75 Å². The zero-order valence-corrected chi connectivity index (χ0v) is 12.7. The number of carbonyl (C=O) groups excluding carboxylic acids is 1. The van der Waals surface area contributed by atoms with Gasteiger partial charge in [0.2, 0.25) is 0 Å². The summed E-state index contributed by atoms with van der Waals surface area (Å²) < 4.78 is 5.61. The predicted octanol–water partition coefficient (Wildman–Crippen LogP) is 2.15. The Morgan fingerprint density at radius 1 is 1.14 bits per heavy atom. The van der Waals surface area contributed by atoms with Crippen LogP contribution >= 0.6 is 0 Å². The van der Waals surface area contributed by atoms with Crippen LogP contribution in [-0.2, 0) is 11.2 Å². The molecule has 0 fully saturated rings. The molecular formula is C18H21NO3. The first kappa shape index (κ1) is 16.0. The second-order valence-electron chi connectivity index (χ2n) is 5.21. The maximum atomic E-state index is 11.6. The molecule has 0 spiro atoms. The Hall–Kier alpha value is -2.33. The summed E-state index contributed by atoms with van der Waals surface area (Å²) in [4.78, 5) is 11.6. The van der Waals surface area contributed by atoms with Gasteiger partial charge in [-0.3, -0.25) is 4.79 Å². The van der Waals surface area contributed by atoms with Crippen LogP contribution < -0.4 is 10.1 Å². The molecular weight excluding hydrogens is 278 g/mol. The summed E-state index contributed by atoms with van der Waals surface area (Å²) in [6.07, 6.45) is 0.195. The number of ether oxygens (including phenoxy) is 1. The SMILES string of the molecule is CC(O)CNC(=O)COc1ccccc1Cc1ccccc1. The minimum atomic E-state index is -0.561. The first-order valence-electron chi connectivity index (χ1n) is 7.34. The van der Waals surface area contributed by atoms with Crippen molar-refractivity contribution in [2.45, 2.75) is 19.4 Å². The highest BCUT2D eigenvalue weighted by atomic mass is 16.5. The molecule has 0 heterocycles. The quantitative estimate of drug-likeness (QED) is 0.823. The van der Waals surface area contributed by atoms with Gasteiger partial charge in [0.1, 0.15) is 5.75 Å². The summed E-state index contributed by atoms with van der Waals surface area (Å²) in [7, 11) is 0. The third-order valence-corrected chi connectivity index (χ3v) is 3.16. The van der Waals surface area contributed by atoms with Gasteiger partial charge in [-0.1, -0.05) is 48.5 Å². The van der Waals surface area contributed by atoms with Crippen molar-refractivity contribution in [1.82, 2.24) is 5.32 Å². The molecule has 0 aliphatic rings. The van der Waals surface area contributed by atoms with Crippen molar-refractivity contribution in [2.24, 2.45) is 0 Å². The topological polar surface area (TPSA) is 58.6 Å². The largest absolute Gasteiger partial charge is 0.483 e. The zero-order valence-electron chi connectivity index (χ0n) is 12.7. The maximum Gasteiger partial charge on any atom is 0.258 e. The molecule has 4 heteroatoms. The van der Waals surface area contributed by atoms with Gasteiger partial charge in [0.05, 0.1) is 6.10 Å². The number of aliphatic hydroxyl groups excluding tert-OH is 1. The number of carbonyl (C=O) groups is 1. The first-order chi connectivity index (χ1) is 10.6. The van der Waals surface area contributed by atoms with Crippen molar-refractivity contribution in [3.05, 3.63) is 65.7 Å². The Kier molecular flexibility index (Phi) is 5.98. The standard InChI is InChI=1S/C18H21NO3/c1-14(20)12-19-18(21)13-22-17-10-6-5-9-16(17)11-15-7-3-2-4-8-15/h2-10,14,20H,11-13H2,1H3,(H,19,21). The van der Waals surface area contributed by atoms with Gasteiger partial charge >= 0.3 is 0 Å². The number of rotatable bonds is 7. The minimum Gasteiger partial charge on any atom is -0.483 e. The lowest BCUT2D eigenvalue weighted by atomic mass is 10.0. The number of aliphatic hydroxyl groups is 1. The van der Waals surface area contributed by atoms with Crippen molar-refractivity contribution in [1.29, 1.82) is 0 Å². The lowest BCUT2D eigenvalue weighted by Crippen LogP contribution is -2.34. The fraction of sp³-hybridized carbons (Fsp3) is 0.278. The lowest BCUT2D eigenvalue weighted by molar-refractivity contribution is -0.123. The average Bonchev–Trinajstić information content (AvgIpc) is 2.53. The molecule has 0 saturated carbocycles. The Morgan fingerprint density at radius 3 is 2.55 bits per heavy atom. The lowest BCUT2D eigenvalue weighted by Gasteiger charge is -2.12. The molecule has 116 valence electrons. The molecule has 2 rings (SSSR count). The Bertz CT molecular complexity index is 596. The van der Waals surface area contributed by atoms with Crippen LogP contribution in [0, 0.1) is 0 Å². The summed E-state index contributed by atoms with van der Waals surface area (Å²) in [6.45, 7) is 1.79. The van der Waals surface area contributed by atoms with E-state index in [1.54, 1.807) is 6.92 Å². The predicted molar refractivity (Wildman–Crippen MR) is 85.9 cm³/mol. The van der Waals surface area contributed by atoms with E-state index in [0.717, 1.165) is 12.0 Å². The second-order valence-corrected chi connectivity index (χ2v) is 5.21. The van der Waals surface area contributed by atoms with Crippen molar-refractivity contribution < 1.29 is 14.6 Å². The van der Waals surface area contributed by atoms with Gasteiger partial charge in [0.25, 0.3) is 5.91 Å². The van der Waals surface area contributed by atoms with Gasteiger partial charge in [0, 0.05) is 13.0 Å². The summed E-state index contributed by atoms with van der Waals surface area (Å²) in [5.41, 5.74) is 2.23. The highest BCUT2D eigenvalue weighted by Gasteiger charge is 2.08. The Labute approximate surface area is 130 Å². The van der Waals surface area contributed by atoms with Crippen molar-refractivity contribution >= 4 is 5.91 Å². The van der Waals surface area contributed by atoms with E-state index in [4.69, 9.17) is 9.84 Å². The third kappa shape index (κ3) is 5.22. The van der Waals surface area contributed by atoms with Crippen molar-refractivity contribution in [3.63, 3.8) is 0 Å². The molecule has 4 nitrogen and oxygen atoms in total. The molecule has 1 amide bonds. The molecule has 0 aromatic heterocycles. The number of nitrogens with one attached hydrogen (secondary N) is 1. The Balaban J connectivity index is 1.95. The molecule has 22 heavy (non-hydrogen) atoms. The van der Waals surface area contributed by atoms with Gasteiger partial charge < -0.3 is 15.2 Å². The molecule has 0 aliphatic heterocycles. The van der Waals surface area contributed by atoms with E-state index in [0.29, 0.717) is 5.75 Å². The number of para-hydroxylation sites is 1. The van der Waals surface area contributed by atoms with Crippen LogP contribution in [0.15, 0.2) is 54.6 Å². The fourth-order valence-electron chi connectivity index (χ4n) is 2.06. The van der Waals surface area contributed by atoms with Gasteiger partial charge in [-0.15, -0.1) is 0 Å². The normalized spacial score (nSPS) is 11.7. The van der Waals surface area contributed by atoms with Crippen LogP contribution in [-0.4, -0.2) is 30.3 Å². The van der Waals surface area contributed by atoms with E-state index >= 15 is 0 Å². The summed E-state index contributed by atoms with van der Waals surface area (Å²) >= 11 is 0. The van der Waals surface area contributed by atoms with Crippen molar-refractivity contribution in [2.75, 3.05) is 13.2 Å². The smallest absolute Gasteiger partial charge is 0.258 e. The first-order valence-corrected chi connectivity index (χ1v) is 7.34. The maximum absolute atomic E-state index is 11.6. The highest BCUT2D eigenvalue weighted by molar-refractivity contribution is 5.77. The molecule has 2 aromatic carbocycles. The molecule has 1 atom stereocenters.